The van der Waals surface area contributed by atoms with Crippen LogP contribution in [0.5, 0.6) is 0 Å². The van der Waals surface area contributed by atoms with E-state index in [0.29, 0.717) is 24.9 Å². The van der Waals surface area contributed by atoms with Crippen LogP contribution < -0.4 is 5.32 Å². The second-order valence-electron chi connectivity index (χ2n) is 5.33. The van der Waals surface area contributed by atoms with Gasteiger partial charge >= 0.3 is 6.01 Å². The third-order valence-electron chi connectivity index (χ3n) is 3.59. The van der Waals surface area contributed by atoms with E-state index in [1.807, 2.05) is 11.6 Å². The van der Waals surface area contributed by atoms with Crippen molar-refractivity contribution in [3.05, 3.63) is 44.4 Å². The number of rotatable bonds is 6. The van der Waals surface area contributed by atoms with Crippen LogP contribution >= 0.6 is 22.7 Å². The van der Waals surface area contributed by atoms with Gasteiger partial charge in [-0.25, -0.2) is 4.98 Å². The van der Waals surface area contributed by atoms with Crippen molar-refractivity contribution in [3.63, 3.8) is 0 Å². The van der Waals surface area contributed by atoms with Gasteiger partial charge in [0.15, 0.2) is 0 Å². The van der Waals surface area contributed by atoms with E-state index in [9.17, 15) is 0 Å². The van der Waals surface area contributed by atoms with Gasteiger partial charge in [-0.15, -0.1) is 16.4 Å². The number of hydrogen-bond acceptors (Lipinski definition) is 8. The fourth-order valence-corrected chi connectivity index (χ4v) is 4.06. The number of thiazole rings is 1. The number of nitrogens with zero attached hydrogens (tertiary/aromatic N) is 3. The first-order chi connectivity index (χ1) is 11.4. The Hall–Kier alpha value is -1.77. The molecule has 0 saturated carbocycles. The van der Waals surface area contributed by atoms with Gasteiger partial charge in [-0.05, 0) is 35.2 Å². The van der Waals surface area contributed by atoms with Crippen LogP contribution in [-0.4, -0.2) is 21.8 Å². The summed E-state index contributed by atoms with van der Waals surface area (Å²) >= 11 is 3.34. The summed E-state index contributed by atoms with van der Waals surface area (Å²) in [6, 6.07) is 2.51. The van der Waals surface area contributed by atoms with Gasteiger partial charge in [0.25, 0.3) is 0 Å². The Labute approximate surface area is 141 Å². The summed E-state index contributed by atoms with van der Waals surface area (Å²) in [7, 11) is 0. The third kappa shape index (κ3) is 3.60. The summed E-state index contributed by atoms with van der Waals surface area (Å²) in [6.45, 7) is 1.47. The number of ether oxygens (including phenoxy) is 1. The van der Waals surface area contributed by atoms with Crippen LogP contribution in [0.4, 0.5) is 6.01 Å². The molecule has 0 aliphatic carbocycles. The predicted molar refractivity (Wildman–Crippen MR) is 88.8 cm³/mol. The van der Waals surface area contributed by atoms with Gasteiger partial charge in [-0.2, -0.15) is 11.3 Å². The van der Waals surface area contributed by atoms with E-state index in [4.69, 9.17) is 9.15 Å². The van der Waals surface area contributed by atoms with E-state index < -0.39 is 0 Å². The third-order valence-corrected chi connectivity index (χ3v) is 5.41. The predicted octanol–water partition coefficient (Wildman–Crippen LogP) is 3.64. The molecular formula is C15H16N4O2S2. The van der Waals surface area contributed by atoms with Crippen molar-refractivity contribution < 1.29 is 9.15 Å². The standard InChI is InChI=1S/C15H16N4O2S2/c1-2-12(20-4-1)14-16-7-11(23-14)8-17-15-19-18-13(21-15)6-10-3-5-22-9-10/h3,5,7,9,12H,1-2,4,6,8H2,(H,17,19)/t12-/m1/s1. The molecule has 23 heavy (non-hydrogen) atoms. The number of hydrogen-bond donors (Lipinski definition) is 1. The van der Waals surface area contributed by atoms with Crippen molar-refractivity contribution in [1.29, 1.82) is 0 Å². The Kier molecular flexibility index (Phi) is 4.36. The van der Waals surface area contributed by atoms with E-state index in [0.717, 1.165) is 29.3 Å². The molecule has 3 aromatic rings. The summed E-state index contributed by atoms with van der Waals surface area (Å²) in [6.07, 6.45) is 4.91. The molecule has 1 N–H and O–H groups in total. The minimum absolute atomic E-state index is 0.175. The molecule has 4 heterocycles. The summed E-state index contributed by atoms with van der Waals surface area (Å²) < 4.78 is 11.3. The van der Waals surface area contributed by atoms with Crippen LogP contribution in [0, 0.1) is 0 Å². The maximum atomic E-state index is 5.66. The van der Waals surface area contributed by atoms with Crippen molar-refractivity contribution in [2.75, 3.05) is 11.9 Å². The number of thiophene rings is 1. The zero-order chi connectivity index (χ0) is 15.5. The second kappa shape index (κ2) is 6.77. The highest BCUT2D eigenvalue weighted by molar-refractivity contribution is 7.11. The average Bonchev–Trinajstić information content (AvgIpc) is 3.33. The minimum Gasteiger partial charge on any atom is -0.408 e. The van der Waals surface area contributed by atoms with Crippen LogP contribution in [0.25, 0.3) is 0 Å². The van der Waals surface area contributed by atoms with Crippen LogP contribution in [-0.2, 0) is 17.7 Å². The van der Waals surface area contributed by atoms with Crippen molar-refractivity contribution in [3.8, 4) is 0 Å². The molecule has 1 aliphatic heterocycles. The molecule has 0 spiro atoms. The number of anilines is 1. The van der Waals surface area contributed by atoms with E-state index in [1.165, 1.54) is 5.56 Å². The van der Waals surface area contributed by atoms with Crippen molar-refractivity contribution in [2.24, 2.45) is 0 Å². The molecule has 1 atom stereocenters. The zero-order valence-electron chi connectivity index (χ0n) is 12.4. The molecular weight excluding hydrogens is 332 g/mol. The molecule has 0 unspecified atom stereocenters. The number of nitrogens with one attached hydrogen (secondary N) is 1. The van der Waals surface area contributed by atoms with Crippen LogP contribution in [0.1, 0.15) is 40.3 Å². The van der Waals surface area contributed by atoms with Crippen LogP contribution in [0.15, 0.2) is 27.4 Å². The lowest BCUT2D eigenvalue weighted by atomic mass is 10.2. The van der Waals surface area contributed by atoms with E-state index in [-0.39, 0.29) is 6.10 Å². The Balaban J connectivity index is 1.33. The van der Waals surface area contributed by atoms with Gasteiger partial charge in [0, 0.05) is 17.7 Å². The SMILES string of the molecule is c1cc(Cc2nnc(NCc3cnc([C@H]4CCCO4)s3)o2)cs1. The van der Waals surface area contributed by atoms with Crippen LogP contribution in [0.2, 0.25) is 0 Å². The van der Waals surface area contributed by atoms with E-state index in [1.54, 1.807) is 22.7 Å². The molecule has 0 aromatic carbocycles. The van der Waals surface area contributed by atoms with Gasteiger partial charge in [0.1, 0.15) is 11.1 Å². The Morgan fingerprint density at radius 2 is 2.35 bits per heavy atom. The van der Waals surface area contributed by atoms with Crippen molar-refractivity contribution in [2.45, 2.75) is 31.9 Å². The molecule has 4 rings (SSSR count). The first-order valence-electron chi connectivity index (χ1n) is 7.50. The largest absolute Gasteiger partial charge is 0.408 e. The van der Waals surface area contributed by atoms with Gasteiger partial charge in [-0.3, -0.25) is 0 Å². The Morgan fingerprint density at radius 1 is 1.35 bits per heavy atom. The Bertz CT molecular complexity index is 747. The van der Waals surface area contributed by atoms with Crippen molar-refractivity contribution >= 4 is 28.7 Å². The fourth-order valence-electron chi connectivity index (χ4n) is 2.45. The van der Waals surface area contributed by atoms with Gasteiger partial charge in [0.05, 0.1) is 13.0 Å². The van der Waals surface area contributed by atoms with Crippen LogP contribution in [0.3, 0.4) is 0 Å². The van der Waals surface area contributed by atoms with E-state index in [2.05, 4.69) is 31.9 Å². The first kappa shape index (κ1) is 14.8. The minimum atomic E-state index is 0.175. The summed E-state index contributed by atoms with van der Waals surface area (Å²) in [4.78, 5) is 5.59. The molecule has 0 bridgehead atoms. The van der Waals surface area contributed by atoms with Gasteiger partial charge < -0.3 is 14.5 Å². The molecule has 8 heteroatoms. The molecule has 1 saturated heterocycles. The van der Waals surface area contributed by atoms with E-state index >= 15 is 0 Å². The fraction of sp³-hybridized carbons (Fsp3) is 0.400. The lowest BCUT2D eigenvalue weighted by molar-refractivity contribution is 0.111. The zero-order valence-corrected chi connectivity index (χ0v) is 14.0. The molecule has 0 amide bonds. The summed E-state index contributed by atoms with van der Waals surface area (Å²) in [5, 5.41) is 16.4. The monoisotopic (exact) mass is 348 g/mol. The maximum Gasteiger partial charge on any atom is 0.315 e. The number of aromatic nitrogens is 3. The highest BCUT2D eigenvalue weighted by atomic mass is 32.1. The molecule has 6 nitrogen and oxygen atoms in total. The second-order valence-corrected chi connectivity index (χ2v) is 7.26. The lowest BCUT2D eigenvalue weighted by Crippen LogP contribution is -1.97. The summed E-state index contributed by atoms with van der Waals surface area (Å²) in [5.74, 6) is 0.621. The normalized spacial score (nSPS) is 17.7. The lowest BCUT2D eigenvalue weighted by Gasteiger charge is -2.03. The smallest absolute Gasteiger partial charge is 0.315 e. The molecule has 3 aromatic heterocycles. The summed E-state index contributed by atoms with van der Waals surface area (Å²) in [5.41, 5.74) is 1.19. The molecule has 1 fully saturated rings. The molecule has 0 radical (unpaired) electrons. The Morgan fingerprint density at radius 3 is 3.17 bits per heavy atom. The molecule has 1 aliphatic rings. The maximum absolute atomic E-state index is 5.66. The quantitative estimate of drug-likeness (QED) is 0.733. The average molecular weight is 348 g/mol. The van der Waals surface area contributed by atoms with Crippen molar-refractivity contribution in [1.82, 2.24) is 15.2 Å². The highest BCUT2D eigenvalue weighted by Gasteiger charge is 2.20. The topological polar surface area (TPSA) is 73.1 Å². The highest BCUT2D eigenvalue weighted by Crippen LogP contribution is 2.31. The first-order valence-corrected chi connectivity index (χ1v) is 9.26. The van der Waals surface area contributed by atoms with Gasteiger partial charge in [0.2, 0.25) is 5.89 Å². The van der Waals surface area contributed by atoms with Gasteiger partial charge in [-0.1, -0.05) is 5.10 Å². The molecule has 120 valence electrons.